The van der Waals surface area contributed by atoms with E-state index in [9.17, 15) is 4.79 Å². The second-order valence-electron chi connectivity index (χ2n) is 2.61. The highest BCUT2D eigenvalue weighted by Crippen LogP contribution is 2.18. The second-order valence-corrected chi connectivity index (χ2v) is 2.61. The number of hydrogen-bond donors (Lipinski definition) is 0. The number of methoxy groups -OCH3 is 1. The predicted molar refractivity (Wildman–Crippen MR) is 46.7 cm³/mol. The van der Waals surface area contributed by atoms with Crippen LogP contribution in [0.2, 0.25) is 0 Å². The van der Waals surface area contributed by atoms with Gasteiger partial charge in [0.15, 0.2) is 0 Å². The molecule has 0 aliphatic carbocycles. The van der Waals surface area contributed by atoms with Crippen molar-refractivity contribution in [3.63, 3.8) is 0 Å². The molecule has 0 saturated heterocycles. The van der Waals surface area contributed by atoms with Crippen LogP contribution in [0.4, 0.5) is 4.79 Å². The van der Waals surface area contributed by atoms with Gasteiger partial charge in [0, 0.05) is 24.2 Å². The molecule has 0 saturated carbocycles. The number of carbonyl (C=O) groups excluding carboxylic acids is 1. The van der Waals surface area contributed by atoms with Crippen LogP contribution in [0.25, 0.3) is 11.3 Å². The molecule has 0 radical (unpaired) electrons. The number of hydrogen-bond acceptors (Lipinski definition) is 3. The standard InChI is InChI=1S/C9H8N2O2/c1-13-9(12)11-5-3-7-2-4-10-8(7)6-11/h2-6H,1H3. The SMILES string of the molecule is COC(=O)n1ccc2ccnc-2c1. The maximum atomic E-state index is 11.1. The third kappa shape index (κ3) is 1.26. The largest absolute Gasteiger partial charge is 0.452 e. The molecule has 66 valence electrons. The lowest BCUT2D eigenvalue weighted by Crippen LogP contribution is -2.11. The fourth-order valence-electron chi connectivity index (χ4n) is 1.16. The Hall–Kier alpha value is -1.84. The highest BCUT2D eigenvalue weighted by atomic mass is 16.5. The molecule has 0 spiro atoms. The molecular weight excluding hydrogens is 168 g/mol. The summed E-state index contributed by atoms with van der Waals surface area (Å²) >= 11 is 0. The average Bonchev–Trinajstić information content (AvgIpc) is 2.63. The van der Waals surface area contributed by atoms with Crippen LogP contribution in [0, 0.1) is 0 Å². The number of carbonyl (C=O) groups is 1. The van der Waals surface area contributed by atoms with E-state index in [2.05, 4.69) is 9.72 Å². The van der Waals surface area contributed by atoms with Gasteiger partial charge >= 0.3 is 6.09 Å². The van der Waals surface area contributed by atoms with Gasteiger partial charge in [0.2, 0.25) is 0 Å². The number of nitrogens with zero attached hydrogens (tertiary/aromatic N) is 2. The lowest BCUT2D eigenvalue weighted by molar-refractivity contribution is 0.172. The Morgan fingerprint density at radius 1 is 1.54 bits per heavy atom. The van der Waals surface area contributed by atoms with E-state index >= 15 is 0 Å². The van der Waals surface area contributed by atoms with Crippen molar-refractivity contribution < 1.29 is 9.53 Å². The highest BCUT2D eigenvalue weighted by Gasteiger charge is 2.07. The second kappa shape index (κ2) is 2.90. The van der Waals surface area contributed by atoms with Crippen LogP contribution in [-0.2, 0) is 4.74 Å². The molecule has 2 aliphatic heterocycles. The van der Waals surface area contributed by atoms with Gasteiger partial charge in [-0.2, -0.15) is 0 Å². The molecular formula is C9H8N2O2. The summed E-state index contributed by atoms with van der Waals surface area (Å²) in [5.74, 6) is 0. The monoisotopic (exact) mass is 176 g/mol. The van der Waals surface area contributed by atoms with Crippen LogP contribution >= 0.6 is 0 Å². The average molecular weight is 176 g/mol. The van der Waals surface area contributed by atoms with E-state index in [1.165, 1.54) is 11.7 Å². The first-order chi connectivity index (χ1) is 6.31. The van der Waals surface area contributed by atoms with Crippen molar-refractivity contribution in [3.05, 3.63) is 30.7 Å². The topological polar surface area (TPSA) is 44.1 Å². The molecule has 0 aromatic rings. The highest BCUT2D eigenvalue weighted by molar-refractivity contribution is 5.73. The molecule has 2 heterocycles. The van der Waals surface area contributed by atoms with Crippen molar-refractivity contribution in [1.82, 2.24) is 9.55 Å². The Morgan fingerprint density at radius 2 is 2.38 bits per heavy atom. The molecule has 13 heavy (non-hydrogen) atoms. The Balaban J connectivity index is 2.49. The Kier molecular flexibility index (Phi) is 1.73. The van der Waals surface area contributed by atoms with E-state index in [0.29, 0.717) is 0 Å². The van der Waals surface area contributed by atoms with Crippen LogP contribution in [0.15, 0.2) is 30.7 Å². The van der Waals surface area contributed by atoms with Crippen molar-refractivity contribution in [2.45, 2.75) is 0 Å². The fourth-order valence-corrected chi connectivity index (χ4v) is 1.16. The number of ether oxygens (including phenoxy) is 1. The molecule has 0 aromatic carbocycles. The van der Waals surface area contributed by atoms with Gasteiger partial charge in [-0.15, -0.1) is 0 Å². The lowest BCUT2D eigenvalue weighted by atomic mass is 10.2. The summed E-state index contributed by atoms with van der Waals surface area (Å²) in [4.78, 5) is 15.2. The van der Waals surface area contributed by atoms with Crippen LogP contribution in [0.5, 0.6) is 0 Å². The van der Waals surface area contributed by atoms with Crippen molar-refractivity contribution in [3.8, 4) is 11.3 Å². The zero-order valence-corrected chi connectivity index (χ0v) is 7.10. The molecule has 2 aliphatic rings. The summed E-state index contributed by atoms with van der Waals surface area (Å²) in [5, 5.41) is 0. The molecule has 0 aromatic heterocycles. The molecule has 0 amide bonds. The first kappa shape index (κ1) is 7.79. The normalized spacial score (nSPS) is 10.2. The first-order valence-electron chi connectivity index (χ1n) is 3.82. The molecule has 0 fully saturated rings. The van der Waals surface area contributed by atoms with Gasteiger partial charge in [-0.25, -0.2) is 4.79 Å². The van der Waals surface area contributed by atoms with Crippen LogP contribution in [-0.4, -0.2) is 22.8 Å². The number of pyridine rings is 1. The fraction of sp³-hybridized carbons (Fsp3) is 0.111. The third-order valence-electron chi connectivity index (χ3n) is 1.82. The van der Waals surface area contributed by atoms with Crippen molar-refractivity contribution in [2.24, 2.45) is 0 Å². The Labute approximate surface area is 75.1 Å². The minimum absolute atomic E-state index is 0.412. The summed E-state index contributed by atoms with van der Waals surface area (Å²) < 4.78 is 5.91. The number of fused-ring (bicyclic) bond motifs is 1. The maximum Gasteiger partial charge on any atom is 0.417 e. The quantitative estimate of drug-likeness (QED) is 0.612. The van der Waals surface area contributed by atoms with E-state index in [1.54, 1.807) is 18.6 Å². The number of aromatic nitrogens is 2. The van der Waals surface area contributed by atoms with E-state index in [4.69, 9.17) is 0 Å². The van der Waals surface area contributed by atoms with Crippen molar-refractivity contribution in [1.29, 1.82) is 0 Å². The van der Waals surface area contributed by atoms with Crippen LogP contribution in [0.1, 0.15) is 0 Å². The molecule has 0 atom stereocenters. The van der Waals surface area contributed by atoms with Crippen molar-refractivity contribution >= 4 is 6.09 Å². The van der Waals surface area contributed by atoms with Crippen LogP contribution in [0.3, 0.4) is 0 Å². The summed E-state index contributed by atoms with van der Waals surface area (Å²) in [7, 11) is 1.35. The van der Waals surface area contributed by atoms with Gasteiger partial charge in [0.1, 0.15) is 0 Å². The molecule has 2 rings (SSSR count). The van der Waals surface area contributed by atoms with Gasteiger partial charge in [0.25, 0.3) is 0 Å². The summed E-state index contributed by atoms with van der Waals surface area (Å²) in [6, 6.07) is 3.70. The summed E-state index contributed by atoms with van der Waals surface area (Å²) in [5.41, 5.74) is 1.80. The lowest BCUT2D eigenvalue weighted by Gasteiger charge is -2.04. The summed E-state index contributed by atoms with van der Waals surface area (Å²) in [6.45, 7) is 0. The predicted octanol–water partition coefficient (Wildman–Crippen LogP) is 1.60. The smallest absolute Gasteiger partial charge is 0.417 e. The molecule has 0 N–H and O–H groups in total. The van der Waals surface area contributed by atoms with Gasteiger partial charge in [-0.05, 0) is 12.1 Å². The third-order valence-corrected chi connectivity index (χ3v) is 1.82. The zero-order valence-electron chi connectivity index (χ0n) is 7.10. The number of rotatable bonds is 0. The minimum atomic E-state index is -0.412. The van der Waals surface area contributed by atoms with E-state index in [1.807, 2.05) is 12.1 Å². The Morgan fingerprint density at radius 3 is 3.15 bits per heavy atom. The molecule has 0 bridgehead atoms. The van der Waals surface area contributed by atoms with Gasteiger partial charge in [-0.1, -0.05) is 0 Å². The van der Waals surface area contributed by atoms with E-state index in [-0.39, 0.29) is 0 Å². The van der Waals surface area contributed by atoms with Gasteiger partial charge in [-0.3, -0.25) is 9.55 Å². The Bertz CT molecular complexity index is 408. The molecule has 4 heteroatoms. The first-order valence-corrected chi connectivity index (χ1v) is 3.82. The summed E-state index contributed by atoms with van der Waals surface area (Å²) in [6.07, 6.45) is 4.58. The van der Waals surface area contributed by atoms with Crippen LogP contribution < -0.4 is 0 Å². The van der Waals surface area contributed by atoms with E-state index < -0.39 is 6.09 Å². The minimum Gasteiger partial charge on any atom is -0.452 e. The maximum absolute atomic E-state index is 11.1. The molecule has 4 nitrogen and oxygen atoms in total. The van der Waals surface area contributed by atoms with Gasteiger partial charge < -0.3 is 4.74 Å². The zero-order chi connectivity index (χ0) is 9.26. The molecule has 0 unspecified atom stereocenters. The van der Waals surface area contributed by atoms with Crippen molar-refractivity contribution in [2.75, 3.05) is 7.11 Å². The van der Waals surface area contributed by atoms with Gasteiger partial charge in [0.05, 0.1) is 12.8 Å². The van der Waals surface area contributed by atoms with E-state index in [0.717, 1.165) is 11.3 Å².